The molecule has 5 heteroatoms. The number of rotatable bonds is 2. The van der Waals surface area contributed by atoms with Crippen LogP contribution in [-0.2, 0) is 15.7 Å². The predicted octanol–water partition coefficient (Wildman–Crippen LogP) is 2.27. The third-order valence-electron chi connectivity index (χ3n) is 3.83. The van der Waals surface area contributed by atoms with Gasteiger partial charge in [0.05, 0.1) is 6.07 Å². The molecule has 1 aliphatic heterocycles. The molecule has 1 aromatic rings. The molecule has 1 atom stereocenters. The van der Waals surface area contributed by atoms with Gasteiger partial charge in [-0.15, -0.1) is 0 Å². The highest BCUT2D eigenvalue weighted by molar-refractivity contribution is 6.07. The number of carbonyl (C=O) groups is 2. The Morgan fingerprint density at radius 3 is 2.29 bits per heavy atom. The molecule has 2 rings (SSSR count). The number of hydrogen-bond acceptors (Lipinski definition) is 3. The van der Waals surface area contributed by atoms with E-state index in [-0.39, 0.29) is 12.0 Å². The molecule has 0 spiro atoms. The Labute approximate surface area is 124 Å². The van der Waals surface area contributed by atoms with Crippen LogP contribution in [0.3, 0.4) is 0 Å². The number of amides is 3. The molecule has 1 saturated heterocycles. The van der Waals surface area contributed by atoms with Crippen molar-refractivity contribution in [3.05, 3.63) is 35.4 Å². The van der Waals surface area contributed by atoms with Gasteiger partial charge in [-0.2, -0.15) is 5.26 Å². The summed E-state index contributed by atoms with van der Waals surface area (Å²) in [6.45, 7) is 7.76. The van der Waals surface area contributed by atoms with Crippen LogP contribution in [0.15, 0.2) is 24.3 Å². The van der Waals surface area contributed by atoms with Gasteiger partial charge in [0.25, 0.3) is 5.91 Å². The number of nitriles is 1. The number of urea groups is 1. The number of hydrogen-bond donors (Lipinski definition) is 1. The fourth-order valence-electron chi connectivity index (χ4n) is 2.41. The smallest absolute Gasteiger partial charge is 0.319 e. The number of benzene rings is 1. The molecule has 0 aromatic heterocycles. The van der Waals surface area contributed by atoms with Crippen molar-refractivity contribution in [1.29, 1.82) is 5.26 Å². The molecule has 1 unspecified atom stereocenters. The van der Waals surface area contributed by atoms with E-state index in [1.54, 1.807) is 6.92 Å². The zero-order chi connectivity index (χ0) is 15.8. The molecule has 1 aromatic carbocycles. The van der Waals surface area contributed by atoms with Gasteiger partial charge in [0.1, 0.15) is 12.1 Å². The van der Waals surface area contributed by atoms with Crippen molar-refractivity contribution in [2.75, 3.05) is 6.54 Å². The summed E-state index contributed by atoms with van der Waals surface area (Å²) in [5.74, 6) is -0.391. The number of nitrogens with one attached hydrogen (secondary N) is 1. The van der Waals surface area contributed by atoms with E-state index >= 15 is 0 Å². The van der Waals surface area contributed by atoms with Gasteiger partial charge in [-0.1, -0.05) is 45.0 Å². The fourth-order valence-corrected chi connectivity index (χ4v) is 2.41. The second-order valence-electron chi connectivity index (χ2n) is 6.43. The van der Waals surface area contributed by atoms with Crippen molar-refractivity contribution in [2.45, 2.75) is 38.6 Å². The maximum absolute atomic E-state index is 12.4. The molecule has 5 nitrogen and oxygen atoms in total. The Morgan fingerprint density at radius 1 is 1.24 bits per heavy atom. The average molecular weight is 285 g/mol. The molecular formula is C16H19N3O2. The van der Waals surface area contributed by atoms with Gasteiger partial charge in [0.15, 0.2) is 0 Å². The zero-order valence-electron chi connectivity index (χ0n) is 12.7. The van der Waals surface area contributed by atoms with Crippen molar-refractivity contribution < 1.29 is 9.59 Å². The summed E-state index contributed by atoms with van der Waals surface area (Å²) in [7, 11) is 0. The minimum Gasteiger partial charge on any atom is -0.319 e. The van der Waals surface area contributed by atoms with E-state index in [1.807, 2.05) is 30.3 Å². The monoisotopic (exact) mass is 285 g/mol. The highest BCUT2D eigenvalue weighted by Gasteiger charge is 2.48. The van der Waals surface area contributed by atoms with Gasteiger partial charge >= 0.3 is 6.03 Å². The number of imide groups is 1. The van der Waals surface area contributed by atoms with Crippen LogP contribution in [0, 0.1) is 11.3 Å². The third-order valence-corrected chi connectivity index (χ3v) is 3.83. The first-order valence-corrected chi connectivity index (χ1v) is 6.82. The van der Waals surface area contributed by atoms with Crippen LogP contribution >= 0.6 is 0 Å². The van der Waals surface area contributed by atoms with Crippen molar-refractivity contribution >= 4 is 11.9 Å². The Morgan fingerprint density at radius 2 is 1.81 bits per heavy atom. The maximum Gasteiger partial charge on any atom is 0.326 e. The Hall–Kier alpha value is -2.35. The van der Waals surface area contributed by atoms with Crippen LogP contribution in [0.25, 0.3) is 0 Å². The molecule has 0 bridgehead atoms. The summed E-state index contributed by atoms with van der Waals surface area (Å²) in [6, 6.07) is 8.95. The first-order valence-electron chi connectivity index (χ1n) is 6.82. The minimum absolute atomic E-state index is 0.0230. The summed E-state index contributed by atoms with van der Waals surface area (Å²) in [4.78, 5) is 25.2. The second kappa shape index (κ2) is 4.88. The standard InChI is InChI=1S/C16H19N3O2/c1-15(2,3)11-5-7-12(8-6-11)16(4)13(20)19(10-9-17)14(21)18-16/h5-8H,10H2,1-4H3,(H,18,21). The topological polar surface area (TPSA) is 73.2 Å². The first kappa shape index (κ1) is 15.0. The molecule has 3 amide bonds. The van der Waals surface area contributed by atoms with Crippen LogP contribution < -0.4 is 5.32 Å². The maximum atomic E-state index is 12.4. The van der Waals surface area contributed by atoms with E-state index in [0.717, 1.165) is 10.5 Å². The van der Waals surface area contributed by atoms with Gasteiger partial charge in [-0.3, -0.25) is 4.79 Å². The van der Waals surface area contributed by atoms with Gasteiger partial charge in [0, 0.05) is 0 Å². The molecule has 0 saturated carbocycles. The largest absolute Gasteiger partial charge is 0.326 e. The molecular weight excluding hydrogens is 266 g/mol. The average Bonchev–Trinajstić information content (AvgIpc) is 2.63. The van der Waals surface area contributed by atoms with E-state index in [2.05, 4.69) is 26.1 Å². The summed E-state index contributed by atoms with van der Waals surface area (Å²) < 4.78 is 0. The van der Waals surface area contributed by atoms with Crippen LogP contribution in [0.4, 0.5) is 4.79 Å². The SMILES string of the molecule is CC(C)(C)c1ccc(C2(C)NC(=O)N(CC#N)C2=O)cc1. The van der Waals surface area contributed by atoms with E-state index in [0.29, 0.717) is 5.56 Å². The highest BCUT2D eigenvalue weighted by Crippen LogP contribution is 2.30. The first-order chi connectivity index (χ1) is 9.70. The Bertz CT molecular complexity index is 622. The van der Waals surface area contributed by atoms with Crippen molar-refractivity contribution in [3.63, 3.8) is 0 Å². The molecule has 21 heavy (non-hydrogen) atoms. The minimum atomic E-state index is -1.11. The lowest BCUT2D eigenvalue weighted by Crippen LogP contribution is -2.41. The van der Waals surface area contributed by atoms with Crippen LogP contribution in [-0.4, -0.2) is 23.4 Å². The van der Waals surface area contributed by atoms with E-state index in [9.17, 15) is 9.59 Å². The van der Waals surface area contributed by atoms with Crippen LogP contribution in [0.2, 0.25) is 0 Å². The second-order valence-corrected chi connectivity index (χ2v) is 6.43. The predicted molar refractivity (Wildman–Crippen MR) is 78.4 cm³/mol. The van der Waals surface area contributed by atoms with Gasteiger partial charge in [-0.25, -0.2) is 9.69 Å². The van der Waals surface area contributed by atoms with E-state index in [4.69, 9.17) is 5.26 Å². The van der Waals surface area contributed by atoms with Gasteiger partial charge in [0.2, 0.25) is 0 Å². The lowest BCUT2D eigenvalue weighted by atomic mass is 9.84. The zero-order valence-corrected chi connectivity index (χ0v) is 12.7. The normalized spacial score (nSPS) is 22.1. The van der Waals surface area contributed by atoms with Crippen molar-refractivity contribution in [2.24, 2.45) is 0 Å². The van der Waals surface area contributed by atoms with Crippen molar-refractivity contribution in [1.82, 2.24) is 10.2 Å². The summed E-state index contributed by atoms with van der Waals surface area (Å²) in [5.41, 5.74) is 0.786. The highest BCUT2D eigenvalue weighted by atomic mass is 16.2. The quantitative estimate of drug-likeness (QED) is 0.669. The summed E-state index contributed by atoms with van der Waals surface area (Å²) in [5, 5.41) is 11.4. The fraction of sp³-hybridized carbons (Fsp3) is 0.438. The van der Waals surface area contributed by atoms with Gasteiger partial charge in [-0.05, 0) is 23.5 Å². The number of carbonyl (C=O) groups excluding carboxylic acids is 2. The van der Waals surface area contributed by atoms with Crippen LogP contribution in [0.1, 0.15) is 38.8 Å². The summed E-state index contributed by atoms with van der Waals surface area (Å²) in [6.07, 6.45) is 0. The molecule has 1 aliphatic rings. The number of nitrogens with zero attached hydrogens (tertiary/aromatic N) is 2. The van der Waals surface area contributed by atoms with E-state index < -0.39 is 17.5 Å². The van der Waals surface area contributed by atoms with Crippen molar-refractivity contribution in [3.8, 4) is 6.07 Å². The Balaban J connectivity index is 2.36. The molecule has 1 N–H and O–H groups in total. The molecule has 1 fully saturated rings. The lowest BCUT2D eigenvalue weighted by molar-refractivity contribution is -0.130. The molecule has 1 heterocycles. The molecule has 110 valence electrons. The van der Waals surface area contributed by atoms with Gasteiger partial charge < -0.3 is 5.32 Å². The third kappa shape index (κ3) is 2.49. The Kier molecular flexibility index (Phi) is 3.50. The molecule has 0 radical (unpaired) electrons. The van der Waals surface area contributed by atoms with E-state index in [1.165, 1.54) is 0 Å². The van der Waals surface area contributed by atoms with Crippen LogP contribution in [0.5, 0.6) is 0 Å². The lowest BCUT2D eigenvalue weighted by Gasteiger charge is -2.24. The summed E-state index contributed by atoms with van der Waals surface area (Å²) >= 11 is 0. The molecule has 0 aliphatic carbocycles.